The molecule has 0 heterocycles. The standard InChI is InChI=1S/C49H38N2OP2/c52-49(39-31-35-41(36-32-39)50-53(43-19-7-1-8-20-43,44-21-9-2-10-22-44)45-23-11-3-12-24-45)40-33-37-42(38-34-40)51-54(46-25-13-4-14-26-46,47-27-15-5-16-28-47)48-29-17-6-18-30-48/h1-38H. The van der Waals surface area contributed by atoms with Crippen LogP contribution in [0, 0.1) is 0 Å². The molecule has 0 aliphatic carbocycles. The lowest BCUT2D eigenvalue weighted by molar-refractivity contribution is 0.103. The maximum Gasteiger partial charge on any atom is 0.193 e. The van der Waals surface area contributed by atoms with Gasteiger partial charge in [-0.1, -0.05) is 182 Å². The topological polar surface area (TPSA) is 41.8 Å². The van der Waals surface area contributed by atoms with Gasteiger partial charge in [0.1, 0.15) is 0 Å². The van der Waals surface area contributed by atoms with Gasteiger partial charge in [0.15, 0.2) is 5.78 Å². The summed E-state index contributed by atoms with van der Waals surface area (Å²) in [4.78, 5) is 13.9. The van der Waals surface area contributed by atoms with Crippen molar-refractivity contribution in [2.24, 2.45) is 9.49 Å². The molecule has 0 bridgehead atoms. The summed E-state index contributed by atoms with van der Waals surface area (Å²) in [6.45, 7) is 0. The molecular formula is C49H38N2OP2. The van der Waals surface area contributed by atoms with E-state index in [-0.39, 0.29) is 5.78 Å². The summed E-state index contributed by atoms with van der Waals surface area (Å²) in [6.07, 6.45) is 0. The van der Waals surface area contributed by atoms with Gasteiger partial charge in [-0.25, -0.2) is 0 Å². The summed E-state index contributed by atoms with van der Waals surface area (Å²) in [5.41, 5.74) is 2.88. The minimum Gasteiger partial charge on any atom is -0.289 e. The van der Waals surface area contributed by atoms with Crippen LogP contribution in [0.5, 0.6) is 0 Å². The zero-order valence-corrected chi connectivity index (χ0v) is 31.4. The SMILES string of the molecule is O=C(c1ccc(N=P(c2ccccc2)(c2ccccc2)c2ccccc2)cc1)c1ccc(N=P(c2ccccc2)(c2ccccc2)c2ccccc2)cc1. The minimum absolute atomic E-state index is 0.0430. The highest BCUT2D eigenvalue weighted by molar-refractivity contribution is 7.88. The Balaban J connectivity index is 1.17. The molecule has 0 aromatic heterocycles. The fraction of sp³-hybridized carbons (Fsp3) is 0. The molecule has 0 N–H and O–H groups in total. The fourth-order valence-electron chi connectivity index (χ4n) is 6.98. The number of carbonyl (C=O) groups is 1. The van der Waals surface area contributed by atoms with Gasteiger partial charge >= 0.3 is 0 Å². The maximum atomic E-state index is 13.9. The van der Waals surface area contributed by atoms with Crippen LogP contribution in [0.3, 0.4) is 0 Å². The minimum atomic E-state index is -2.43. The van der Waals surface area contributed by atoms with Gasteiger partial charge in [-0.05, 0) is 48.5 Å². The predicted molar refractivity (Wildman–Crippen MR) is 231 cm³/mol. The molecule has 0 amide bonds. The Morgan fingerprint density at radius 2 is 0.481 bits per heavy atom. The summed E-state index contributed by atoms with van der Waals surface area (Å²) in [5, 5.41) is 7.04. The van der Waals surface area contributed by atoms with Crippen molar-refractivity contribution in [3.63, 3.8) is 0 Å². The van der Waals surface area contributed by atoms with E-state index in [4.69, 9.17) is 9.49 Å². The molecule has 0 saturated carbocycles. The quantitative estimate of drug-likeness (QED) is 0.102. The number of hydrogen-bond acceptors (Lipinski definition) is 3. The van der Waals surface area contributed by atoms with Gasteiger partial charge in [0.2, 0.25) is 0 Å². The first kappa shape index (κ1) is 34.9. The second-order valence-electron chi connectivity index (χ2n) is 12.9. The van der Waals surface area contributed by atoms with Crippen molar-refractivity contribution in [3.8, 4) is 0 Å². The van der Waals surface area contributed by atoms with Crippen molar-refractivity contribution in [1.29, 1.82) is 0 Å². The molecule has 0 fully saturated rings. The molecule has 0 unspecified atom stereocenters. The molecule has 5 heteroatoms. The van der Waals surface area contributed by atoms with Gasteiger partial charge in [0.25, 0.3) is 0 Å². The first-order chi connectivity index (χ1) is 26.7. The fourth-order valence-corrected chi connectivity index (χ4v) is 14.0. The van der Waals surface area contributed by atoms with Crippen LogP contribution in [0.2, 0.25) is 0 Å². The van der Waals surface area contributed by atoms with E-state index in [1.54, 1.807) is 0 Å². The summed E-state index contributed by atoms with van der Waals surface area (Å²) in [7, 11) is -4.86. The molecule has 260 valence electrons. The third kappa shape index (κ3) is 6.89. The monoisotopic (exact) mass is 732 g/mol. The smallest absolute Gasteiger partial charge is 0.193 e. The van der Waals surface area contributed by atoms with E-state index in [0.717, 1.165) is 11.4 Å². The summed E-state index contributed by atoms with van der Waals surface area (Å²) < 4.78 is 11.2. The van der Waals surface area contributed by atoms with Crippen molar-refractivity contribution < 1.29 is 4.79 Å². The summed E-state index contributed by atoms with van der Waals surface area (Å²) >= 11 is 0. The second-order valence-corrected chi connectivity index (χ2v) is 18.9. The van der Waals surface area contributed by atoms with Crippen molar-refractivity contribution >= 4 is 63.1 Å². The lowest BCUT2D eigenvalue weighted by Gasteiger charge is -2.27. The van der Waals surface area contributed by atoms with Gasteiger partial charge in [-0.2, -0.15) is 0 Å². The third-order valence-corrected chi connectivity index (χ3v) is 16.9. The number of nitrogens with zero attached hydrogens (tertiary/aromatic N) is 2. The molecule has 0 aliphatic rings. The number of rotatable bonds is 10. The zero-order valence-electron chi connectivity index (χ0n) is 29.6. The molecular weight excluding hydrogens is 694 g/mol. The van der Waals surface area contributed by atoms with Gasteiger partial charge in [0.05, 0.1) is 25.5 Å². The molecule has 0 aliphatic heterocycles. The number of carbonyl (C=O) groups excluding carboxylic acids is 1. The third-order valence-electron chi connectivity index (χ3n) is 9.57. The normalized spacial score (nSPS) is 11.4. The summed E-state index contributed by atoms with van der Waals surface area (Å²) in [5.74, 6) is -0.0430. The van der Waals surface area contributed by atoms with Crippen molar-refractivity contribution in [1.82, 2.24) is 0 Å². The van der Waals surface area contributed by atoms with Crippen LogP contribution in [0.25, 0.3) is 0 Å². The lowest BCUT2D eigenvalue weighted by atomic mass is 10.0. The van der Waals surface area contributed by atoms with E-state index in [0.29, 0.717) is 11.1 Å². The molecule has 0 atom stereocenters. The Kier molecular flexibility index (Phi) is 10.3. The average molecular weight is 733 g/mol. The molecule has 8 rings (SSSR count). The van der Waals surface area contributed by atoms with E-state index in [9.17, 15) is 4.79 Å². The van der Waals surface area contributed by atoms with Crippen molar-refractivity contribution in [2.75, 3.05) is 0 Å². The van der Waals surface area contributed by atoms with Gasteiger partial charge < -0.3 is 0 Å². The van der Waals surface area contributed by atoms with Crippen LogP contribution in [0.4, 0.5) is 11.4 Å². The Hall–Kier alpha value is -6.11. The highest BCUT2D eigenvalue weighted by atomic mass is 31.2. The Morgan fingerprint density at radius 1 is 0.278 bits per heavy atom. The van der Waals surface area contributed by atoms with Crippen LogP contribution in [-0.2, 0) is 0 Å². The first-order valence-corrected chi connectivity index (χ1v) is 21.5. The average Bonchev–Trinajstić information content (AvgIpc) is 3.27. The second kappa shape index (κ2) is 15.9. The van der Waals surface area contributed by atoms with Crippen molar-refractivity contribution in [3.05, 3.63) is 242 Å². The summed E-state index contributed by atoms with van der Waals surface area (Å²) in [6, 6.07) is 78.8. The number of benzene rings is 8. The maximum absolute atomic E-state index is 13.9. The highest BCUT2D eigenvalue weighted by Crippen LogP contribution is 2.50. The molecule has 54 heavy (non-hydrogen) atoms. The van der Waals surface area contributed by atoms with Crippen LogP contribution < -0.4 is 31.8 Å². The largest absolute Gasteiger partial charge is 0.289 e. The van der Waals surface area contributed by atoms with Gasteiger partial charge in [0, 0.05) is 43.0 Å². The molecule has 8 aromatic carbocycles. The van der Waals surface area contributed by atoms with Crippen LogP contribution >= 0.6 is 14.1 Å². The molecule has 0 saturated heterocycles. The van der Waals surface area contributed by atoms with E-state index < -0.39 is 14.1 Å². The van der Waals surface area contributed by atoms with E-state index in [1.807, 2.05) is 84.9 Å². The number of ketones is 1. The number of hydrogen-bond donors (Lipinski definition) is 0. The van der Waals surface area contributed by atoms with Gasteiger partial charge in [-0.3, -0.25) is 14.3 Å². The Labute approximate surface area is 317 Å². The zero-order chi connectivity index (χ0) is 36.6. The van der Waals surface area contributed by atoms with Crippen LogP contribution in [0.15, 0.2) is 240 Å². The Bertz CT molecular complexity index is 2190. The van der Waals surface area contributed by atoms with Gasteiger partial charge in [-0.15, -0.1) is 0 Å². The molecule has 8 aromatic rings. The van der Waals surface area contributed by atoms with E-state index in [2.05, 4.69) is 146 Å². The lowest BCUT2D eigenvalue weighted by Crippen LogP contribution is -2.25. The molecule has 0 radical (unpaired) electrons. The Morgan fingerprint density at radius 3 is 0.685 bits per heavy atom. The predicted octanol–water partition coefficient (Wildman–Crippen LogP) is 10.5. The van der Waals surface area contributed by atoms with Crippen LogP contribution in [-0.4, -0.2) is 5.78 Å². The molecule has 3 nitrogen and oxygen atoms in total. The van der Waals surface area contributed by atoms with Crippen molar-refractivity contribution in [2.45, 2.75) is 0 Å². The first-order valence-electron chi connectivity index (χ1n) is 18.0. The van der Waals surface area contributed by atoms with Crippen LogP contribution in [0.1, 0.15) is 15.9 Å². The molecule has 0 spiro atoms. The van der Waals surface area contributed by atoms with E-state index >= 15 is 0 Å². The van der Waals surface area contributed by atoms with E-state index in [1.165, 1.54) is 31.8 Å². The highest BCUT2D eigenvalue weighted by Gasteiger charge is 2.29.